The first-order valence-corrected chi connectivity index (χ1v) is 12.1. The minimum Gasteiger partial charge on any atom is -0.490 e. The van der Waals surface area contributed by atoms with E-state index in [1.807, 2.05) is 31.3 Å². The molecule has 5 nitrogen and oxygen atoms in total. The van der Waals surface area contributed by atoms with Gasteiger partial charge >= 0.3 is 0 Å². The van der Waals surface area contributed by atoms with Crippen molar-refractivity contribution in [1.29, 1.82) is 0 Å². The number of anilines is 1. The first-order valence-electron chi connectivity index (χ1n) is 12.1. The molecule has 0 spiro atoms. The number of rotatable bonds is 4. The second kappa shape index (κ2) is 7.53. The van der Waals surface area contributed by atoms with Crippen LogP contribution in [0.2, 0.25) is 0 Å². The van der Waals surface area contributed by atoms with Gasteiger partial charge in [0.05, 0.1) is 0 Å². The average molecular weight is 425 g/mol. The van der Waals surface area contributed by atoms with Crippen molar-refractivity contribution < 1.29 is 14.3 Å². The van der Waals surface area contributed by atoms with Gasteiger partial charge in [-0.15, -0.1) is 0 Å². The van der Waals surface area contributed by atoms with Crippen molar-refractivity contribution in [1.82, 2.24) is 4.90 Å². The zero-order chi connectivity index (χ0) is 21.8. The molecule has 3 aliphatic carbocycles. The monoisotopic (exact) mass is 424 g/mol. The van der Waals surface area contributed by atoms with Crippen LogP contribution in [0, 0.1) is 28.6 Å². The molecule has 2 unspecified atom stereocenters. The van der Waals surface area contributed by atoms with E-state index in [1.165, 1.54) is 25.7 Å². The number of piperidine rings is 1. The van der Waals surface area contributed by atoms with Crippen molar-refractivity contribution >= 4 is 18.0 Å². The number of nitrogens with zero attached hydrogens (tertiary/aromatic N) is 1. The molecule has 1 N–H and O–H groups in total. The normalized spacial score (nSPS) is 41.7. The predicted octanol–water partition coefficient (Wildman–Crippen LogP) is 4.87. The molecule has 1 aliphatic heterocycles. The van der Waals surface area contributed by atoms with Gasteiger partial charge in [0.15, 0.2) is 0 Å². The Kier molecular flexibility index (Phi) is 5.06. The summed E-state index contributed by atoms with van der Waals surface area (Å²) in [5.41, 5.74) is 1.24. The minimum atomic E-state index is 0.203. The summed E-state index contributed by atoms with van der Waals surface area (Å²) in [7, 11) is 2.03. The molecule has 0 aromatic heterocycles. The molecule has 4 aliphatic rings. The number of ether oxygens (including phenoxy) is 1. The molecular formula is C26H36N2O3. The van der Waals surface area contributed by atoms with Crippen LogP contribution in [0.4, 0.5) is 5.69 Å². The van der Waals surface area contributed by atoms with Crippen LogP contribution in [-0.4, -0.2) is 36.4 Å². The molecule has 2 amide bonds. The molecule has 5 heteroatoms. The highest BCUT2D eigenvalue weighted by molar-refractivity contribution is 5.77. The van der Waals surface area contributed by atoms with E-state index in [-0.39, 0.29) is 16.9 Å². The molecule has 31 heavy (non-hydrogen) atoms. The molecular weight excluding hydrogens is 388 g/mol. The first kappa shape index (κ1) is 20.8. The lowest BCUT2D eigenvalue weighted by Crippen LogP contribution is -2.61. The maximum Gasteiger partial charge on any atom is 0.222 e. The van der Waals surface area contributed by atoms with Gasteiger partial charge in [0.25, 0.3) is 0 Å². The molecule has 1 aromatic carbocycles. The Morgan fingerprint density at radius 1 is 1.06 bits per heavy atom. The van der Waals surface area contributed by atoms with Crippen LogP contribution < -0.4 is 10.1 Å². The van der Waals surface area contributed by atoms with Gasteiger partial charge in [0.1, 0.15) is 11.9 Å². The van der Waals surface area contributed by atoms with Gasteiger partial charge in [-0.1, -0.05) is 19.9 Å². The molecule has 3 saturated carbocycles. The van der Waals surface area contributed by atoms with E-state index in [2.05, 4.69) is 24.1 Å². The molecule has 4 fully saturated rings. The summed E-state index contributed by atoms with van der Waals surface area (Å²) in [6, 6.07) is 8.17. The summed E-state index contributed by atoms with van der Waals surface area (Å²) in [6.45, 7) is 4.94. The number of carbonyl (C=O) groups is 2. The largest absolute Gasteiger partial charge is 0.490 e. The highest BCUT2D eigenvalue weighted by Crippen LogP contribution is 2.65. The zero-order valence-electron chi connectivity index (χ0n) is 19.1. The number of amides is 2. The molecule has 7 atom stereocenters. The Morgan fingerprint density at radius 3 is 2.68 bits per heavy atom. The Morgan fingerprint density at radius 2 is 1.87 bits per heavy atom. The lowest BCUT2D eigenvalue weighted by Gasteiger charge is -2.61. The molecule has 0 bridgehead atoms. The number of fused-ring (bicyclic) bond motifs is 5. The third-order valence-electron chi connectivity index (χ3n) is 9.81. The molecule has 1 saturated heterocycles. The van der Waals surface area contributed by atoms with Crippen molar-refractivity contribution in [3.63, 3.8) is 0 Å². The maximum atomic E-state index is 12.4. The van der Waals surface area contributed by atoms with Crippen molar-refractivity contribution in [2.45, 2.75) is 77.4 Å². The second-order valence-electron chi connectivity index (χ2n) is 11.0. The van der Waals surface area contributed by atoms with Gasteiger partial charge in [-0.2, -0.15) is 0 Å². The Hall–Kier alpha value is -2.04. The van der Waals surface area contributed by atoms with Crippen LogP contribution in [0.15, 0.2) is 24.3 Å². The average Bonchev–Trinajstić information content (AvgIpc) is 3.08. The van der Waals surface area contributed by atoms with Crippen LogP contribution in [0.25, 0.3) is 0 Å². The van der Waals surface area contributed by atoms with Crippen molar-refractivity contribution in [3.05, 3.63) is 24.3 Å². The van der Waals surface area contributed by atoms with E-state index >= 15 is 0 Å². The third kappa shape index (κ3) is 3.18. The maximum absolute atomic E-state index is 12.4. The third-order valence-corrected chi connectivity index (χ3v) is 9.81. The topological polar surface area (TPSA) is 58.6 Å². The molecule has 1 aromatic rings. The molecule has 168 valence electrons. The van der Waals surface area contributed by atoms with Crippen LogP contribution in [-0.2, 0) is 9.59 Å². The molecule has 5 rings (SSSR count). The summed E-state index contributed by atoms with van der Waals surface area (Å²) in [6.07, 6.45) is 9.90. The number of carbonyl (C=O) groups excluding carboxylic acids is 2. The second-order valence-corrected chi connectivity index (χ2v) is 11.0. The summed E-state index contributed by atoms with van der Waals surface area (Å²) in [4.78, 5) is 25.2. The lowest BCUT2D eigenvalue weighted by molar-refractivity contribution is -0.159. The fourth-order valence-corrected chi connectivity index (χ4v) is 8.19. The van der Waals surface area contributed by atoms with Gasteiger partial charge in [0, 0.05) is 36.7 Å². The SMILES string of the molecule is CN1C(=O)CC[C@@]2(C)C1CC[C@@H]1[C@H]2CC[C@]2(C)C(Oc3cccc(NC=O)c3)CC[C@@H]12. The number of likely N-dealkylation sites (tertiary alicyclic amines) is 1. The van der Waals surface area contributed by atoms with E-state index in [1.54, 1.807) is 0 Å². The van der Waals surface area contributed by atoms with E-state index in [4.69, 9.17) is 4.74 Å². The van der Waals surface area contributed by atoms with E-state index < -0.39 is 0 Å². The predicted molar refractivity (Wildman–Crippen MR) is 121 cm³/mol. The number of nitrogens with one attached hydrogen (secondary N) is 1. The summed E-state index contributed by atoms with van der Waals surface area (Å²) in [5, 5.41) is 2.72. The van der Waals surface area contributed by atoms with E-state index in [0.29, 0.717) is 30.7 Å². The van der Waals surface area contributed by atoms with Gasteiger partial charge in [-0.05, 0) is 80.2 Å². The van der Waals surface area contributed by atoms with Gasteiger partial charge in [0.2, 0.25) is 12.3 Å². The van der Waals surface area contributed by atoms with Crippen LogP contribution in [0.5, 0.6) is 5.75 Å². The van der Waals surface area contributed by atoms with Crippen molar-refractivity contribution in [2.24, 2.45) is 28.6 Å². The molecule has 0 radical (unpaired) electrons. The Balaban J connectivity index is 1.35. The summed E-state index contributed by atoms with van der Waals surface area (Å²) in [5.74, 6) is 3.36. The van der Waals surface area contributed by atoms with Crippen molar-refractivity contribution in [3.8, 4) is 5.75 Å². The smallest absolute Gasteiger partial charge is 0.222 e. The first-order chi connectivity index (χ1) is 14.9. The van der Waals surface area contributed by atoms with Gasteiger partial charge < -0.3 is 15.0 Å². The lowest BCUT2D eigenvalue weighted by atomic mass is 9.47. The summed E-state index contributed by atoms with van der Waals surface area (Å²) >= 11 is 0. The fraction of sp³-hybridized carbons (Fsp3) is 0.692. The standard InChI is InChI=1S/C26H36N2O3/c1-25-14-12-24(30)28(3)22(25)9-7-19-20-8-10-23(26(20,2)13-11-21(19)25)31-18-6-4-5-17(15-18)27-16-29/h4-6,15-16,19-23H,7-14H2,1-3H3,(H,27,29)/t19-,20-,21+,22?,23?,25+,26-/m0/s1. The quantitative estimate of drug-likeness (QED) is 0.702. The molecule has 1 heterocycles. The number of hydrogen-bond donors (Lipinski definition) is 1. The van der Waals surface area contributed by atoms with Gasteiger partial charge in [-0.3, -0.25) is 9.59 Å². The number of benzene rings is 1. The van der Waals surface area contributed by atoms with Crippen LogP contribution in [0.3, 0.4) is 0 Å². The van der Waals surface area contributed by atoms with Gasteiger partial charge in [-0.25, -0.2) is 0 Å². The zero-order valence-corrected chi connectivity index (χ0v) is 19.1. The highest BCUT2D eigenvalue weighted by Gasteiger charge is 2.61. The van der Waals surface area contributed by atoms with E-state index in [0.717, 1.165) is 42.5 Å². The summed E-state index contributed by atoms with van der Waals surface area (Å²) < 4.78 is 6.57. The number of hydrogen-bond acceptors (Lipinski definition) is 3. The van der Waals surface area contributed by atoms with Crippen LogP contribution >= 0.6 is 0 Å². The fourth-order valence-electron chi connectivity index (χ4n) is 8.19. The Labute approximate surface area is 185 Å². The minimum absolute atomic E-state index is 0.203. The Bertz CT molecular complexity index is 872. The van der Waals surface area contributed by atoms with Crippen molar-refractivity contribution in [2.75, 3.05) is 12.4 Å². The van der Waals surface area contributed by atoms with Crippen LogP contribution in [0.1, 0.15) is 65.2 Å². The highest BCUT2D eigenvalue weighted by atomic mass is 16.5. The van der Waals surface area contributed by atoms with E-state index in [9.17, 15) is 9.59 Å².